The number of hydrogen-bond acceptors (Lipinski definition) is 2. The Morgan fingerprint density at radius 3 is 2.16 bits per heavy atom. The highest BCUT2D eigenvalue weighted by Gasteiger charge is 2.42. The highest BCUT2D eigenvalue weighted by Crippen LogP contribution is 2.44. The molecule has 2 N–H and O–H groups in total. The normalized spacial score (nSPS) is 13.0. The maximum atomic E-state index is 6.30. The van der Waals surface area contributed by atoms with Gasteiger partial charge >= 0.3 is 0 Å². The lowest BCUT2D eigenvalue weighted by molar-refractivity contribution is 0.270. The van der Waals surface area contributed by atoms with Crippen molar-refractivity contribution in [2.75, 3.05) is 12.3 Å². The Kier molecular flexibility index (Phi) is 5.22. The molecule has 0 heterocycles. The second-order valence-electron chi connectivity index (χ2n) is 6.73. The first-order valence-corrected chi connectivity index (χ1v) is 10.1. The lowest BCUT2D eigenvalue weighted by Crippen LogP contribution is -2.45. The van der Waals surface area contributed by atoms with E-state index in [4.69, 9.17) is 10.2 Å². The predicted octanol–water partition coefficient (Wildman–Crippen LogP) is 4.47. The topological polar surface area (TPSA) is 35.2 Å². The van der Waals surface area contributed by atoms with Gasteiger partial charge in [-0.25, -0.2) is 0 Å². The first kappa shape index (κ1) is 16.3. The van der Waals surface area contributed by atoms with Crippen LogP contribution in [0.1, 0.15) is 33.3 Å². The van der Waals surface area contributed by atoms with Gasteiger partial charge in [-0.2, -0.15) is 0 Å². The van der Waals surface area contributed by atoms with Crippen LogP contribution in [0.25, 0.3) is 0 Å². The van der Waals surface area contributed by atoms with E-state index in [9.17, 15) is 0 Å². The average molecular weight is 279 g/mol. The molecule has 1 aromatic carbocycles. The largest absolute Gasteiger partial charge is 0.416 e. The summed E-state index contributed by atoms with van der Waals surface area (Å²) in [6, 6.07) is 8.08. The Hall–Kier alpha value is -0.803. The van der Waals surface area contributed by atoms with Crippen molar-refractivity contribution >= 4 is 14.0 Å². The summed E-state index contributed by atoms with van der Waals surface area (Å²) in [5.41, 5.74) is 7.80. The summed E-state index contributed by atoms with van der Waals surface area (Å²) < 4.78 is 6.30. The van der Waals surface area contributed by atoms with Crippen molar-refractivity contribution < 1.29 is 4.43 Å². The van der Waals surface area contributed by atoms with Gasteiger partial charge in [0, 0.05) is 12.3 Å². The van der Waals surface area contributed by atoms with E-state index in [-0.39, 0.29) is 5.04 Å². The predicted molar refractivity (Wildman–Crippen MR) is 86.9 cm³/mol. The van der Waals surface area contributed by atoms with Crippen molar-refractivity contribution in [3.05, 3.63) is 29.8 Å². The van der Waals surface area contributed by atoms with E-state index < -0.39 is 8.32 Å². The number of anilines is 1. The van der Waals surface area contributed by atoms with Crippen molar-refractivity contribution in [2.24, 2.45) is 5.92 Å². The van der Waals surface area contributed by atoms with Crippen LogP contribution in [0.4, 0.5) is 5.69 Å². The third-order valence-electron chi connectivity index (χ3n) is 4.83. The number of nitrogen functional groups attached to an aromatic ring is 1. The van der Waals surface area contributed by atoms with Crippen molar-refractivity contribution in [1.29, 1.82) is 0 Å². The molecule has 1 rings (SSSR count). The molecule has 3 heteroatoms. The number of nitrogens with two attached hydrogens (primary N) is 1. The van der Waals surface area contributed by atoms with E-state index in [0.29, 0.717) is 5.92 Å². The molecule has 2 nitrogen and oxygen atoms in total. The van der Waals surface area contributed by atoms with Crippen LogP contribution < -0.4 is 5.73 Å². The van der Waals surface area contributed by atoms with Gasteiger partial charge in [0.25, 0.3) is 0 Å². The molecule has 0 bridgehead atoms. The van der Waals surface area contributed by atoms with Crippen LogP contribution in [0.2, 0.25) is 18.1 Å². The highest BCUT2D eigenvalue weighted by atomic mass is 28.4. The minimum absolute atomic E-state index is 0.286. The fourth-order valence-corrected chi connectivity index (χ4v) is 4.36. The zero-order chi connectivity index (χ0) is 14.7. The molecule has 0 unspecified atom stereocenters. The minimum Gasteiger partial charge on any atom is -0.416 e. The number of rotatable bonds is 6. The monoisotopic (exact) mass is 279 g/mol. The van der Waals surface area contributed by atoms with Gasteiger partial charge in [-0.05, 0) is 48.2 Å². The van der Waals surface area contributed by atoms with Gasteiger partial charge in [-0.15, -0.1) is 0 Å². The molecular formula is C16H29NOSi. The van der Waals surface area contributed by atoms with Crippen LogP contribution in [0.5, 0.6) is 0 Å². The highest BCUT2D eigenvalue weighted by molar-refractivity contribution is 6.74. The quantitative estimate of drug-likeness (QED) is 0.616. The first-order chi connectivity index (χ1) is 8.67. The van der Waals surface area contributed by atoms with E-state index in [1.165, 1.54) is 5.56 Å². The molecule has 0 atom stereocenters. The maximum Gasteiger partial charge on any atom is 0.192 e. The standard InChI is InChI=1S/C16H29NOSi/c1-13(2)16(3,4)19(5,6)18-12-11-14-7-9-15(17)10-8-14/h7-10,13H,11-12,17H2,1-6H3. The summed E-state index contributed by atoms with van der Waals surface area (Å²) in [5.74, 6) is 0.644. The minimum atomic E-state index is -1.68. The molecule has 0 fully saturated rings. The SMILES string of the molecule is CC(C)C(C)(C)[Si](C)(C)OCCc1ccc(N)cc1. The van der Waals surface area contributed by atoms with Gasteiger partial charge in [-0.3, -0.25) is 0 Å². The number of hydrogen-bond donors (Lipinski definition) is 1. The van der Waals surface area contributed by atoms with E-state index in [0.717, 1.165) is 18.7 Å². The second-order valence-corrected chi connectivity index (χ2v) is 11.3. The Labute approximate surface area is 119 Å². The van der Waals surface area contributed by atoms with Crippen molar-refractivity contribution in [1.82, 2.24) is 0 Å². The van der Waals surface area contributed by atoms with Gasteiger partial charge < -0.3 is 10.2 Å². The van der Waals surface area contributed by atoms with Crippen LogP contribution in [0.15, 0.2) is 24.3 Å². The van der Waals surface area contributed by atoms with Gasteiger partial charge in [0.2, 0.25) is 0 Å². The summed E-state index contributed by atoms with van der Waals surface area (Å²) in [6.07, 6.45) is 0.963. The molecule has 0 aliphatic rings. The van der Waals surface area contributed by atoms with Crippen molar-refractivity contribution in [3.63, 3.8) is 0 Å². The molecule has 1 aromatic rings. The summed E-state index contributed by atoms with van der Waals surface area (Å²) in [7, 11) is -1.68. The molecule has 0 amide bonds. The van der Waals surface area contributed by atoms with Gasteiger partial charge in [0.1, 0.15) is 0 Å². The fraction of sp³-hybridized carbons (Fsp3) is 0.625. The fourth-order valence-electron chi connectivity index (χ4n) is 1.99. The summed E-state index contributed by atoms with van der Waals surface area (Å²) in [4.78, 5) is 0. The smallest absolute Gasteiger partial charge is 0.192 e. The van der Waals surface area contributed by atoms with Crippen molar-refractivity contribution in [3.8, 4) is 0 Å². The third kappa shape index (κ3) is 4.08. The van der Waals surface area contributed by atoms with Crippen LogP contribution in [0, 0.1) is 5.92 Å². The van der Waals surface area contributed by atoms with Crippen LogP contribution in [-0.2, 0) is 10.8 Å². The van der Waals surface area contributed by atoms with E-state index in [1.807, 2.05) is 12.1 Å². The Morgan fingerprint density at radius 2 is 1.68 bits per heavy atom. The van der Waals surface area contributed by atoms with Gasteiger partial charge in [0.05, 0.1) is 0 Å². The molecule has 0 spiro atoms. The molecule has 108 valence electrons. The van der Waals surface area contributed by atoms with Crippen LogP contribution >= 0.6 is 0 Å². The lowest BCUT2D eigenvalue weighted by Gasteiger charge is -2.42. The third-order valence-corrected chi connectivity index (χ3v) is 9.44. The Morgan fingerprint density at radius 1 is 1.16 bits per heavy atom. The molecular weight excluding hydrogens is 250 g/mol. The van der Waals surface area contributed by atoms with Gasteiger partial charge in [-0.1, -0.05) is 39.8 Å². The molecule has 0 saturated heterocycles. The first-order valence-electron chi connectivity index (χ1n) is 7.15. The van der Waals surface area contributed by atoms with Crippen molar-refractivity contribution in [2.45, 2.75) is 52.2 Å². The summed E-state index contributed by atoms with van der Waals surface area (Å²) in [5, 5.41) is 0.286. The lowest BCUT2D eigenvalue weighted by atomic mass is 9.99. The molecule has 0 aromatic heterocycles. The van der Waals surface area contributed by atoms with Gasteiger partial charge in [0.15, 0.2) is 8.32 Å². The Balaban J connectivity index is 2.54. The molecule has 19 heavy (non-hydrogen) atoms. The maximum absolute atomic E-state index is 6.30. The molecule has 0 aliphatic heterocycles. The molecule has 0 radical (unpaired) electrons. The molecule has 0 aliphatic carbocycles. The van der Waals surface area contributed by atoms with E-state index in [2.05, 4.69) is 52.9 Å². The zero-order valence-corrected chi connectivity index (χ0v) is 14.3. The van der Waals surface area contributed by atoms with E-state index >= 15 is 0 Å². The Bertz CT molecular complexity index is 396. The van der Waals surface area contributed by atoms with Crippen LogP contribution in [0.3, 0.4) is 0 Å². The van der Waals surface area contributed by atoms with Crippen LogP contribution in [-0.4, -0.2) is 14.9 Å². The molecule has 0 saturated carbocycles. The van der Waals surface area contributed by atoms with E-state index in [1.54, 1.807) is 0 Å². The number of benzene rings is 1. The summed E-state index contributed by atoms with van der Waals surface area (Å²) >= 11 is 0. The average Bonchev–Trinajstić information content (AvgIpc) is 2.31. The summed E-state index contributed by atoms with van der Waals surface area (Å²) in [6.45, 7) is 14.7. The second kappa shape index (κ2) is 6.10. The zero-order valence-electron chi connectivity index (χ0n) is 13.3.